The highest BCUT2D eigenvalue weighted by Crippen LogP contribution is 2.20. The molecule has 0 spiro atoms. The van der Waals surface area contributed by atoms with Crippen LogP contribution in [0.2, 0.25) is 0 Å². The van der Waals surface area contributed by atoms with Gasteiger partial charge in [0.05, 0.1) is 0 Å². The highest BCUT2D eigenvalue weighted by atomic mass is 15.2. The first-order chi connectivity index (χ1) is 9.95. The van der Waals surface area contributed by atoms with E-state index in [9.17, 15) is 0 Å². The van der Waals surface area contributed by atoms with Crippen molar-refractivity contribution in [1.82, 2.24) is 10.2 Å². The molecule has 2 rings (SSSR count). The molecule has 1 aliphatic rings. The van der Waals surface area contributed by atoms with E-state index >= 15 is 0 Å². The second-order valence-electron chi connectivity index (χ2n) is 7.42. The fourth-order valence-electron chi connectivity index (χ4n) is 3.24. The highest BCUT2D eigenvalue weighted by Gasteiger charge is 2.26. The summed E-state index contributed by atoms with van der Waals surface area (Å²) < 4.78 is 0. The normalized spacial score (nSPS) is 24.0. The van der Waals surface area contributed by atoms with Crippen molar-refractivity contribution in [3.8, 4) is 0 Å². The number of hydrogen-bond donors (Lipinski definition) is 1. The first kappa shape index (κ1) is 16.5. The van der Waals surface area contributed by atoms with E-state index in [2.05, 4.69) is 69.1 Å². The molecule has 0 amide bonds. The fraction of sp³-hybridized carbons (Fsp3) is 0.684. The van der Waals surface area contributed by atoms with Crippen molar-refractivity contribution in [3.63, 3.8) is 0 Å². The van der Waals surface area contributed by atoms with Gasteiger partial charge in [-0.15, -0.1) is 0 Å². The number of nitrogens with zero attached hydrogens (tertiary/aromatic N) is 1. The van der Waals surface area contributed by atoms with Gasteiger partial charge in [-0.1, -0.05) is 52.0 Å². The van der Waals surface area contributed by atoms with Gasteiger partial charge in [0.2, 0.25) is 0 Å². The Morgan fingerprint density at radius 2 is 1.81 bits per heavy atom. The Bertz CT molecular complexity index is 422. The maximum Gasteiger partial charge on any atom is 0.0237 e. The van der Waals surface area contributed by atoms with Gasteiger partial charge in [-0.05, 0) is 36.3 Å². The molecule has 118 valence electrons. The third-order valence-electron chi connectivity index (χ3n) is 4.50. The van der Waals surface area contributed by atoms with E-state index in [1.54, 1.807) is 0 Å². The zero-order valence-electron chi connectivity index (χ0n) is 14.4. The summed E-state index contributed by atoms with van der Waals surface area (Å²) in [6.45, 7) is 14.8. The predicted octanol–water partition coefficient (Wildman–Crippen LogP) is 4.02. The van der Waals surface area contributed by atoms with E-state index in [-0.39, 0.29) is 0 Å². The Labute approximate surface area is 130 Å². The fourth-order valence-corrected chi connectivity index (χ4v) is 3.24. The number of benzene rings is 1. The van der Waals surface area contributed by atoms with Crippen molar-refractivity contribution in [2.24, 2.45) is 5.92 Å². The SMILES string of the molecule is CC(C)CC1CNC(C)CN1Cc1ccc(C(C)C)cc1. The van der Waals surface area contributed by atoms with Crippen LogP contribution in [0.1, 0.15) is 58.1 Å². The summed E-state index contributed by atoms with van der Waals surface area (Å²) in [5.74, 6) is 1.38. The van der Waals surface area contributed by atoms with Gasteiger partial charge < -0.3 is 5.32 Å². The zero-order valence-corrected chi connectivity index (χ0v) is 14.4. The maximum atomic E-state index is 3.64. The van der Waals surface area contributed by atoms with Crippen LogP contribution in [0.3, 0.4) is 0 Å². The standard InChI is InChI=1S/C19H32N2/c1-14(2)10-19-11-20-16(5)12-21(19)13-17-6-8-18(9-7-17)15(3)4/h6-9,14-16,19-20H,10-13H2,1-5H3. The molecule has 0 bridgehead atoms. The van der Waals surface area contributed by atoms with Gasteiger partial charge in [0, 0.05) is 31.7 Å². The lowest BCUT2D eigenvalue weighted by molar-refractivity contribution is 0.111. The predicted molar refractivity (Wildman–Crippen MR) is 91.6 cm³/mol. The van der Waals surface area contributed by atoms with Gasteiger partial charge in [0.1, 0.15) is 0 Å². The third-order valence-corrected chi connectivity index (χ3v) is 4.50. The third kappa shape index (κ3) is 4.82. The summed E-state index contributed by atoms with van der Waals surface area (Å²) in [6, 6.07) is 10.5. The van der Waals surface area contributed by atoms with Gasteiger partial charge >= 0.3 is 0 Å². The van der Waals surface area contributed by atoms with Gasteiger partial charge in [0.25, 0.3) is 0 Å². The van der Waals surface area contributed by atoms with Crippen LogP contribution < -0.4 is 5.32 Å². The van der Waals surface area contributed by atoms with Crippen LogP contribution in [-0.4, -0.2) is 30.1 Å². The molecule has 1 fully saturated rings. The van der Waals surface area contributed by atoms with E-state index in [0.29, 0.717) is 18.0 Å². The molecule has 0 radical (unpaired) electrons. The number of nitrogens with one attached hydrogen (secondary N) is 1. The number of hydrogen-bond acceptors (Lipinski definition) is 2. The average Bonchev–Trinajstić information content (AvgIpc) is 2.42. The molecular weight excluding hydrogens is 256 g/mol. The van der Waals surface area contributed by atoms with Crippen molar-refractivity contribution in [3.05, 3.63) is 35.4 Å². The van der Waals surface area contributed by atoms with E-state index in [1.165, 1.54) is 17.5 Å². The lowest BCUT2D eigenvalue weighted by Crippen LogP contribution is -2.55. The van der Waals surface area contributed by atoms with Crippen LogP contribution in [0.15, 0.2) is 24.3 Å². The average molecular weight is 288 g/mol. The van der Waals surface area contributed by atoms with Crippen molar-refractivity contribution in [2.45, 2.75) is 65.6 Å². The Hall–Kier alpha value is -0.860. The molecule has 2 unspecified atom stereocenters. The minimum absolute atomic E-state index is 0.600. The summed E-state index contributed by atoms with van der Waals surface area (Å²) in [4.78, 5) is 2.67. The minimum Gasteiger partial charge on any atom is -0.311 e. The van der Waals surface area contributed by atoms with Crippen molar-refractivity contribution < 1.29 is 0 Å². The Morgan fingerprint density at radius 3 is 2.38 bits per heavy atom. The van der Waals surface area contributed by atoms with Crippen molar-refractivity contribution in [2.75, 3.05) is 13.1 Å². The molecular formula is C19H32N2. The Morgan fingerprint density at radius 1 is 1.14 bits per heavy atom. The van der Waals surface area contributed by atoms with E-state index < -0.39 is 0 Å². The van der Waals surface area contributed by atoms with Gasteiger partial charge in [-0.25, -0.2) is 0 Å². The smallest absolute Gasteiger partial charge is 0.0237 e. The summed E-state index contributed by atoms with van der Waals surface area (Å²) >= 11 is 0. The van der Waals surface area contributed by atoms with Gasteiger partial charge in [0.15, 0.2) is 0 Å². The molecule has 21 heavy (non-hydrogen) atoms. The number of rotatable bonds is 5. The summed E-state index contributed by atoms with van der Waals surface area (Å²) in [5, 5.41) is 3.64. The summed E-state index contributed by atoms with van der Waals surface area (Å²) in [5.41, 5.74) is 2.88. The molecule has 2 heteroatoms. The zero-order chi connectivity index (χ0) is 15.4. The molecule has 1 aliphatic heterocycles. The molecule has 1 saturated heterocycles. The number of piperazine rings is 1. The Balaban J connectivity index is 2.03. The van der Waals surface area contributed by atoms with Crippen LogP contribution >= 0.6 is 0 Å². The lowest BCUT2D eigenvalue weighted by atomic mass is 9.97. The second-order valence-corrected chi connectivity index (χ2v) is 7.42. The topological polar surface area (TPSA) is 15.3 Å². The van der Waals surface area contributed by atoms with E-state index in [1.807, 2.05) is 0 Å². The first-order valence-corrected chi connectivity index (χ1v) is 8.52. The highest BCUT2D eigenvalue weighted by molar-refractivity contribution is 5.24. The second kappa shape index (κ2) is 7.42. The lowest BCUT2D eigenvalue weighted by Gasteiger charge is -2.40. The van der Waals surface area contributed by atoms with Crippen LogP contribution in [0.4, 0.5) is 0 Å². The molecule has 0 aromatic heterocycles. The Kier molecular flexibility index (Phi) is 5.83. The monoisotopic (exact) mass is 288 g/mol. The van der Waals surface area contributed by atoms with E-state index in [4.69, 9.17) is 0 Å². The van der Waals surface area contributed by atoms with Crippen molar-refractivity contribution in [1.29, 1.82) is 0 Å². The summed E-state index contributed by atoms with van der Waals surface area (Å²) in [6.07, 6.45) is 1.28. The molecule has 1 N–H and O–H groups in total. The summed E-state index contributed by atoms with van der Waals surface area (Å²) in [7, 11) is 0. The largest absolute Gasteiger partial charge is 0.311 e. The molecule has 0 aliphatic carbocycles. The molecule has 2 nitrogen and oxygen atoms in total. The van der Waals surface area contributed by atoms with Crippen LogP contribution in [0.5, 0.6) is 0 Å². The quantitative estimate of drug-likeness (QED) is 0.880. The molecule has 0 saturated carbocycles. The van der Waals surface area contributed by atoms with Crippen LogP contribution in [0, 0.1) is 5.92 Å². The molecule has 1 heterocycles. The molecule has 2 atom stereocenters. The van der Waals surface area contributed by atoms with Crippen LogP contribution in [0.25, 0.3) is 0 Å². The van der Waals surface area contributed by atoms with Gasteiger partial charge in [-0.3, -0.25) is 4.90 Å². The van der Waals surface area contributed by atoms with Gasteiger partial charge in [-0.2, -0.15) is 0 Å². The van der Waals surface area contributed by atoms with E-state index in [0.717, 1.165) is 25.6 Å². The van der Waals surface area contributed by atoms with Crippen molar-refractivity contribution >= 4 is 0 Å². The van der Waals surface area contributed by atoms with Crippen LogP contribution in [-0.2, 0) is 6.54 Å². The minimum atomic E-state index is 0.600. The molecule has 1 aromatic carbocycles. The first-order valence-electron chi connectivity index (χ1n) is 8.52. The maximum absolute atomic E-state index is 3.64. The molecule has 1 aromatic rings.